The van der Waals surface area contributed by atoms with E-state index >= 15 is 0 Å². The Morgan fingerprint density at radius 3 is 2.37 bits per heavy atom. The molecule has 188 valence electrons. The van der Waals surface area contributed by atoms with E-state index in [9.17, 15) is 25.0 Å². The third-order valence-electron chi connectivity index (χ3n) is 5.56. The number of nitrogens with one attached hydrogen (secondary N) is 2. The van der Waals surface area contributed by atoms with E-state index in [2.05, 4.69) is 10.6 Å². The van der Waals surface area contributed by atoms with Crippen molar-refractivity contribution in [1.29, 1.82) is 5.26 Å². The molecule has 0 fully saturated rings. The monoisotopic (exact) mass is 522 g/mol. The molecule has 2 amide bonds. The van der Waals surface area contributed by atoms with Gasteiger partial charge in [-0.1, -0.05) is 54.1 Å². The number of rotatable bonds is 8. The third kappa shape index (κ3) is 6.63. The fourth-order valence-corrected chi connectivity index (χ4v) is 4.45. The number of hydrogen-bond acceptors (Lipinski definition) is 6. The van der Waals surface area contributed by atoms with Gasteiger partial charge in [-0.3, -0.25) is 19.7 Å². The van der Waals surface area contributed by atoms with Gasteiger partial charge in [-0.25, -0.2) is 0 Å². The van der Waals surface area contributed by atoms with Gasteiger partial charge in [0.15, 0.2) is 0 Å². The minimum absolute atomic E-state index is 0.0365. The number of carbonyl (C=O) groups is 2. The van der Waals surface area contributed by atoms with E-state index < -0.39 is 10.8 Å². The molecule has 0 spiro atoms. The molecule has 9 heteroatoms. The lowest BCUT2D eigenvalue weighted by Gasteiger charge is -2.08. The van der Waals surface area contributed by atoms with Crippen LogP contribution in [0.2, 0.25) is 0 Å². The molecule has 4 rings (SSSR count). The fourth-order valence-electron chi connectivity index (χ4n) is 3.65. The molecule has 0 atom stereocenters. The average Bonchev–Trinajstić information content (AvgIpc) is 2.92. The summed E-state index contributed by atoms with van der Waals surface area (Å²) in [6.07, 6.45) is 1.29. The van der Waals surface area contributed by atoms with Crippen molar-refractivity contribution in [2.75, 3.05) is 16.4 Å². The van der Waals surface area contributed by atoms with Gasteiger partial charge in [0.25, 0.3) is 11.6 Å². The van der Waals surface area contributed by atoms with Gasteiger partial charge in [-0.05, 0) is 59.7 Å². The second-order valence-electron chi connectivity index (χ2n) is 8.37. The zero-order valence-electron chi connectivity index (χ0n) is 20.3. The van der Waals surface area contributed by atoms with Gasteiger partial charge in [0.1, 0.15) is 11.6 Å². The summed E-state index contributed by atoms with van der Waals surface area (Å²) in [5.41, 5.74) is 2.08. The van der Waals surface area contributed by atoms with Gasteiger partial charge in [-0.2, -0.15) is 5.26 Å². The maximum absolute atomic E-state index is 12.5. The highest BCUT2D eigenvalue weighted by molar-refractivity contribution is 8.00. The Bertz CT molecular complexity index is 1610. The summed E-state index contributed by atoms with van der Waals surface area (Å²) in [6.45, 7) is 1.92. The molecule has 0 heterocycles. The smallest absolute Gasteiger partial charge is 0.283 e. The lowest BCUT2D eigenvalue weighted by molar-refractivity contribution is -0.387. The number of carbonyl (C=O) groups excluding carboxylic acids is 2. The molecule has 0 saturated heterocycles. The molecule has 8 nitrogen and oxygen atoms in total. The number of nitro groups is 1. The highest BCUT2D eigenvalue weighted by atomic mass is 32.2. The van der Waals surface area contributed by atoms with Crippen molar-refractivity contribution in [3.63, 3.8) is 0 Å². The molecular formula is C29H22N4O4S. The minimum atomic E-state index is -0.622. The first-order valence-corrected chi connectivity index (χ1v) is 12.5. The third-order valence-corrected chi connectivity index (χ3v) is 6.62. The number of anilines is 2. The summed E-state index contributed by atoms with van der Waals surface area (Å²) in [5, 5.41) is 28.7. The van der Waals surface area contributed by atoms with Crippen LogP contribution in [-0.4, -0.2) is 22.5 Å². The van der Waals surface area contributed by atoms with Gasteiger partial charge >= 0.3 is 0 Å². The first-order valence-electron chi connectivity index (χ1n) is 11.5. The van der Waals surface area contributed by atoms with Crippen molar-refractivity contribution >= 4 is 57.5 Å². The number of nitro benzene ring substituents is 1. The highest BCUT2D eigenvalue weighted by Crippen LogP contribution is 2.31. The second kappa shape index (κ2) is 11.9. The van der Waals surface area contributed by atoms with Crippen LogP contribution in [-0.2, 0) is 9.59 Å². The van der Waals surface area contributed by atoms with Gasteiger partial charge < -0.3 is 10.6 Å². The van der Waals surface area contributed by atoms with E-state index in [4.69, 9.17) is 0 Å². The van der Waals surface area contributed by atoms with Crippen molar-refractivity contribution in [3.8, 4) is 6.07 Å². The van der Waals surface area contributed by atoms with E-state index in [0.717, 1.165) is 28.1 Å². The molecule has 2 N–H and O–H groups in total. The second-order valence-corrected chi connectivity index (χ2v) is 9.39. The quantitative estimate of drug-likeness (QED) is 0.0915. The summed E-state index contributed by atoms with van der Waals surface area (Å²) >= 11 is 1.03. The fraction of sp³-hybridized carbons (Fsp3) is 0.0690. The van der Waals surface area contributed by atoms with Crippen LogP contribution in [0.3, 0.4) is 0 Å². The predicted octanol–water partition coefficient (Wildman–Crippen LogP) is 6.33. The number of amides is 2. The number of hydrogen-bond donors (Lipinski definition) is 2. The molecule has 0 aromatic heterocycles. The molecule has 4 aromatic rings. The van der Waals surface area contributed by atoms with E-state index in [-0.39, 0.29) is 22.9 Å². The first-order chi connectivity index (χ1) is 18.3. The van der Waals surface area contributed by atoms with Crippen LogP contribution in [0, 0.1) is 28.4 Å². The normalized spacial score (nSPS) is 11.0. The Labute approximate surface area is 223 Å². The molecule has 4 aromatic carbocycles. The molecule has 0 aliphatic heterocycles. The molecule has 0 unspecified atom stereocenters. The van der Waals surface area contributed by atoms with E-state index in [0.29, 0.717) is 21.8 Å². The molecule has 0 bridgehead atoms. The predicted molar refractivity (Wildman–Crippen MR) is 150 cm³/mol. The summed E-state index contributed by atoms with van der Waals surface area (Å²) in [5.74, 6) is -0.962. The Kier molecular flexibility index (Phi) is 8.16. The average molecular weight is 523 g/mol. The topological polar surface area (TPSA) is 125 Å². The number of nitriles is 1. The molecule has 0 saturated carbocycles. The maximum Gasteiger partial charge on any atom is 0.283 e. The first kappa shape index (κ1) is 26.1. The van der Waals surface area contributed by atoms with Crippen molar-refractivity contribution in [3.05, 3.63) is 112 Å². The molecule has 38 heavy (non-hydrogen) atoms. The summed E-state index contributed by atoms with van der Waals surface area (Å²) < 4.78 is 0. The van der Waals surface area contributed by atoms with Crippen molar-refractivity contribution in [2.45, 2.75) is 11.8 Å². The van der Waals surface area contributed by atoms with Crippen LogP contribution >= 0.6 is 11.8 Å². The van der Waals surface area contributed by atoms with Crippen LogP contribution in [0.4, 0.5) is 17.1 Å². The zero-order valence-corrected chi connectivity index (χ0v) is 21.1. The Hall–Kier alpha value is -4.94. The number of fused-ring (bicyclic) bond motifs is 1. The van der Waals surface area contributed by atoms with E-state index in [1.165, 1.54) is 18.2 Å². The SMILES string of the molecule is Cc1ccc(NC(=O)/C(C#N)=C/c2ccc(SCC(=O)Nc3ccc4ccccc4c3)c([N+](=O)[O-])c2)cc1. The molecular weight excluding hydrogens is 500 g/mol. The number of nitrogens with zero attached hydrogens (tertiary/aromatic N) is 2. The zero-order chi connectivity index (χ0) is 27.1. The Morgan fingerprint density at radius 1 is 0.947 bits per heavy atom. The van der Waals surface area contributed by atoms with Gasteiger partial charge in [0, 0.05) is 17.4 Å². The number of aryl methyl sites for hydroxylation is 1. The lowest BCUT2D eigenvalue weighted by Crippen LogP contribution is -2.14. The standard InChI is InChI=1S/C29H22N4O4S/c1-19-6-10-24(11-7-19)32-29(35)23(17-30)14-20-8-13-27(26(15-20)33(36)37)38-18-28(34)31-25-12-9-21-4-2-3-5-22(21)16-25/h2-16H,18H2,1H3,(H,31,34)(H,32,35)/b23-14+. The summed E-state index contributed by atoms with van der Waals surface area (Å²) in [7, 11) is 0. The summed E-state index contributed by atoms with van der Waals surface area (Å²) in [4.78, 5) is 36.5. The van der Waals surface area contributed by atoms with Crippen LogP contribution in [0.5, 0.6) is 0 Å². The molecule has 0 aliphatic rings. The van der Waals surface area contributed by atoms with Crippen LogP contribution < -0.4 is 10.6 Å². The maximum atomic E-state index is 12.5. The van der Waals surface area contributed by atoms with Gasteiger partial charge in [-0.15, -0.1) is 11.8 Å². The Morgan fingerprint density at radius 2 is 1.66 bits per heavy atom. The highest BCUT2D eigenvalue weighted by Gasteiger charge is 2.17. The lowest BCUT2D eigenvalue weighted by atomic mass is 10.1. The van der Waals surface area contributed by atoms with Crippen molar-refractivity contribution in [1.82, 2.24) is 0 Å². The van der Waals surface area contributed by atoms with Crippen LogP contribution in [0.1, 0.15) is 11.1 Å². The van der Waals surface area contributed by atoms with Gasteiger partial charge in [0.05, 0.1) is 15.6 Å². The van der Waals surface area contributed by atoms with E-state index in [1.807, 2.05) is 61.5 Å². The number of thioether (sulfide) groups is 1. The van der Waals surface area contributed by atoms with Crippen molar-refractivity contribution in [2.24, 2.45) is 0 Å². The minimum Gasteiger partial charge on any atom is -0.325 e. The Balaban J connectivity index is 1.44. The largest absolute Gasteiger partial charge is 0.325 e. The molecule has 0 aliphatic carbocycles. The van der Waals surface area contributed by atoms with Crippen LogP contribution in [0.15, 0.2) is 95.4 Å². The number of benzene rings is 4. The van der Waals surface area contributed by atoms with Gasteiger partial charge in [0.2, 0.25) is 5.91 Å². The van der Waals surface area contributed by atoms with Crippen molar-refractivity contribution < 1.29 is 14.5 Å². The summed E-state index contributed by atoms with van der Waals surface area (Å²) in [6, 6.07) is 26.6. The molecule has 0 radical (unpaired) electrons. The van der Waals surface area contributed by atoms with E-state index in [1.54, 1.807) is 24.3 Å². The van der Waals surface area contributed by atoms with Crippen LogP contribution in [0.25, 0.3) is 16.8 Å².